The predicted octanol–water partition coefficient (Wildman–Crippen LogP) is 2.47. The lowest BCUT2D eigenvalue weighted by atomic mass is 9.62. The van der Waals surface area contributed by atoms with Crippen LogP contribution in [0.15, 0.2) is 59.7 Å². The Balaban J connectivity index is 2.11. The van der Waals surface area contributed by atoms with Gasteiger partial charge in [-0.3, -0.25) is 9.59 Å². The third kappa shape index (κ3) is 2.47. The number of carbonyl (C=O) groups is 3. The Morgan fingerprint density at radius 3 is 2.67 bits per heavy atom. The number of ether oxygens (including phenoxy) is 2. The molecule has 1 aromatic rings. The third-order valence-corrected chi connectivity index (χ3v) is 5.93. The summed E-state index contributed by atoms with van der Waals surface area (Å²) in [6.07, 6.45) is 2.24. The van der Waals surface area contributed by atoms with Crippen molar-refractivity contribution in [3.8, 4) is 0 Å². The summed E-state index contributed by atoms with van der Waals surface area (Å²) in [6, 6.07) is 7.09. The summed E-state index contributed by atoms with van der Waals surface area (Å²) in [5, 5.41) is 0. The average molecular weight is 408 g/mol. The Bertz CT molecular complexity index is 1070. The first-order valence-electron chi connectivity index (χ1n) is 9.74. The number of ketones is 1. The van der Waals surface area contributed by atoms with E-state index < -0.39 is 17.3 Å². The fourth-order valence-corrected chi connectivity index (χ4v) is 4.87. The fraction of sp³-hybridized carbons (Fsp3) is 0.348. The van der Waals surface area contributed by atoms with Crippen molar-refractivity contribution in [1.29, 1.82) is 0 Å². The summed E-state index contributed by atoms with van der Waals surface area (Å²) in [6.45, 7) is 7.86. The predicted molar refractivity (Wildman–Crippen MR) is 110 cm³/mol. The van der Waals surface area contributed by atoms with E-state index in [1.807, 2.05) is 13.8 Å². The topological polar surface area (TPSA) is 98.9 Å². The maximum absolute atomic E-state index is 14.0. The molecule has 7 heteroatoms. The van der Waals surface area contributed by atoms with Crippen molar-refractivity contribution >= 4 is 23.3 Å². The first kappa shape index (κ1) is 19.9. The minimum Gasteiger partial charge on any atom is -0.465 e. The molecule has 30 heavy (non-hydrogen) atoms. The second-order valence-corrected chi connectivity index (χ2v) is 8.54. The van der Waals surface area contributed by atoms with E-state index in [9.17, 15) is 14.4 Å². The van der Waals surface area contributed by atoms with Crippen molar-refractivity contribution < 1.29 is 23.9 Å². The first-order valence-corrected chi connectivity index (χ1v) is 9.74. The summed E-state index contributed by atoms with van der Waals surface area (Å²) in [5.74, 6) is -1.35. The van der Waals surface area contributed by atoms with Crippen LogP contribution in [0.2, 0.25) is 0 Å². The number of hydrogen-bond acceptors (Lipinski definition) is 6. The lowest BCUT2D eigenvalue weighted by Gasteiger charge is -2.42. The van der Waals surface area contributed by atoms with Crippen molar-refractivity contribution in [2.75, 3.05) is 18.6 Å². The normalized spacial score (nSPS) is 24.6. The summed E-state index contributed by atoms with van der Waals surface area (Å²) >= 11 is 0. The number of para-hydroxylation sites is 1. The van der Waals surface area contributed by atoms with Gasteiger partial charge in [-0.05, 0) is 11.5 Å². The molecule has 0 unspecified atom stereocenters. The van der Waals surface area contributed by atoms with Crippen LogP contribution in [0.5, 0.6) is 0 Å². The van der Waals surface area contributed by atoms with E-state index >= 15 is 0 Å². The molecule has 156 valence electrons. The van der Waals surface area contributed by atoms with Crippen LogP contribution in [-0.2, 0) is 29.3 Å². The molecule has 0 fully saturated rings. The number of Topliss-reactive ketones (excluding diaryl/α,β-unsaturated/α-hetero) is 1. The SMILES string of the molecule is C=CCN1C(=O)[C@@]2(C(C(=O)OC)=C(N)OC3=C2C(=O)CC(C)(C)C3)c2ccccc21. The summed E-state index contributed by atoms with van der Waals surface area (Å²) < 4.78 is 10.8. The molecule has 7 nitrogen and oxygen atoms in total. The molecule has 0 saturated heterocycles. The molecule has 0 saturated carbocycles. The van der Waals surface area contributed by atoms with Gasteiger partial charge >= 0.3 is 5.97 Å². The number of methoxy groups -OCH3 is 1. The molecule has 2 aliphatic heterocycles. The number of rotatable bonds is 3. The molecule has 1 aromatic carbocycles. The average Bonchev–Trinajstić information content (AvgIpc) is 2.90. The molecule has 1 spiro atoms. The van der Waals surface area contributed by atoms with Gasteiger partial charge in [0, 0.05) is 30.6 Å². The van der Waals surface area contributed by atoms with Crippen molar-refractivity contribution in [2.24, 2.45) is 11.1 Å². The van der Waals surface area contributed by atoms with Crippen LogP contribution in [0.3, 0.4) is 0 Å². The van der Waals surface area contributed by atoms with Gasteiger partial charge < -0.3 is 20.1 Å². The monoisotopic (exact) mass is 408 g/mol. The number of nitrogens with two attached hydrogens (primary N) is 1. The summed E-state index contributed by atoms with van der Waals surface area (Å²) in [7, 11) is 1.21. The van der Waals surface area contributed by atoms with Gasteiger partial charge in [-0.2, -0.15) is 0 Å². The van der Waals surface area contributed by atoms with E-state index in [-0.39, 0.29) is 41.2 Å². The molecule has 2 N–H and O–H groups in total. The van der Waals surface area contributed by atoms with Gasteiger partial charge in [-0.25, -0.2) is 4.79 Å². The quantitative estimate of drug-likeness (QED) is 0.609. The zero-order valence-electron chi connectivity index (χ0n) is 17.3. The summed E-state index contributed by atoms with van der Waals surface area (Å²) in [5.41, 5.74) is 5.30. The van der Waals surface area contributed by atoms with Gasteiger partial charge in [0.25, 0.3) is 0 Å². The van der Waals surface area contributed by atoms with E-state index in [0.29, 0.717) is 23.4 Å². The van der Waals surface area contributed by atoms with Gasteiger partial charge in [-0.15, -0.1) is 6.58 Å². The molecule has 4 rings (SSSR count). The van der Waals surface area contributed by atoms with Crippen LogP contribution in [0.4, 0.5) is 5.69 Å². The van der Waals surface area contributed by atoms with Gasteiger partial charge in [0.2, 0.25) is 11.8 Å². The van der Waals surface area contributed by atoms with E-state index in [1.165, 1.54) is 12.0 Å². The number of hydrogen-bond donors (Lipinski definition) is 1. The van der Waals surface area contributed by atoms with E-state index in [1.54, 1.807) is 30.3 Å². The number of anilines is 1. The Morgan fingerprint density at radius 1 is 1.30 bits per heavy atom. The highest BCUT2D eigenvalue weighted by atomic mass is 16.5. The second kappa shape index (κ2) is 6.58. The van der Waals surface area contributed by atoms with Gasteiger partial charge in [0.1, 0.15) is 16.7 Å². The van der Waals surface area contributed by atoms with Crippen molar-refractivity contribution in [2.45, 2.75) is 32.1 Å². The third-order valence-electron chi connectivity index (χ3n) is 5.93. The molecule has 3 aliphatic rings. The molecule has 2 heterocycles. The molecular formula is C23H24N2O5. The number of benzene rings is 1. The van der Waals surface area contributed by atoms with Crippen LogP contribution in [0.1, 0.15) is 32.3 Å². The van der Waals surface area contributed by atoms with Crippen molar-refractivity contribution in [3.05, 3.63) is 65.3 Å². The minimum absolute atomic E-state index is 0.152. The second-order valence-electron chi connectivity index (χ2n) is 8.54. The highest BCUT2D eigenvalue weighted by Crippen LogP contribution is 2.57. The zero-order chi connectivity index (χ0) is 21.8. The summed E-state index contributed by atoms with van der Waals surface area (Å²) in [4.78, 5) is 41.9. The minimum atomic E-state index is -1.70. The highest BCUT2D eigenvalue weighted by Gasteiger charge is 2.64. The van der Waals surface area contributed by atoms with Crippen LogP contribution in [0, 0.1) is 5.41 Å². The lowest BCUT2D eigenvalue weighted by molar-refractivity contribution is -0.139. The maximum atomic E-state index is 14.0. The number of esters is 1. The molecule has 0 bridgehead atoms. The highest BCUT2D eigenvalue weighted by molar-refractivity contribution is 6.23. The number of amides is 1. The molecule has 0 radical (unpaired) electrons. The van der Waals surface area contributed by atoms with Crippen LogP contribution >= 0.6 is 0 Å². The molecule has 1 aliphatic carbocycles. The molecule has 1 atom stereocenters. The van der Waals surface area contributed by atoms with E-state index in [2.05, 4.69) is 6.58 Å². The Labute approximate surface area is 174 Å². The van der Waals surface area contributed by atoms with Gasteiger partial charge in [-0.1, -0.05) is 38.1 Å². The molecule has 0 aromatic heterocycles. The zero-order valence-corrected chi connectivity index (χ0v) is 17.3. The maximum Gasteiger partial charge on any atom is 0.340 e. The number of allylic oxidation sites excluding steroid dienone is 1. The smallest absolute Gasteiger partial charge is 0.340 e. The Morgan fingerprint density at radius 2 is 2.00 bits per heavy atom. The molecule has 1 amide bonds. The largest absolute Gasteiger partial charge is 0.465 e. The van der Waals surface area contributed by atoms with Crippen molar-refractivity contribution in [3.63, 3.8) is 0 Å². The first-order chi connectivity index (χ1) is 14.2. The van der Waals surface area contributed by atoms with Crippen LogP contribution in [-0.4, -0.2) is 31.3 Å². The Kier molecular flexibility index (Phi) is 4.38. The lowest BCUT2D eigenvalue weighted by Crippen LogP contribution is -2.52. The standard InChI is InChI=1S/C23H24N2O5/c1-5-10-25-14-9-7-6-8-13(14)23(21(25)28)17-15(26)11-22(2,3)12-16(17)30-19(24)18(23)20(27)29-4/h5-9H,1,10-12,24H2,2-4H3/t23-/m0/s1. The van der Waals surface area contributed by atoms with Crippen LogP contribution < -0.4 is 10.6 Å². The molecular weight excluding hydrogens is 384 g/mol. The number of fused-ring (bicyclic) bond motifs is 3. The number of nitrogens with zero attached hydrogens (tertiary/aromatic N) is 1. The van der Waals surface area contributed by atoms with E-state index in [0.717, 1.165) is 0 Å². The van der Waals surface area contributed by atoms with E-state index in [4.69, 9.17) is 15.2 Å². The Hall–Kier alpha value is -3.35. The van der Waals surface area contributed by atoms with Gasteiger partial charge in [0.05, 0.1) is 12.7 Å². The fourth-order valence-electron chi connectivity index (χ4n) is 4.87. The van der Waals surface area contributed by atoms with Crippen molar-refractivity contribution in [1.82, 2.24) is 0 Å². The van der Waals surface area contributed by atoms with Crippen LogP contribution in [0.25, 0.3) is 0 Å². The van der Waals surface area contributed by atoms with Gasteiger partial charge in [0.15, 0.2) is 5.78 Å². The number of carbonyl (C=O) groups excluding carboxylic acids is 3.